The topological polar surface area (TPSA) is 41.7 Å². The molecule has 4 nitrogen and oxygen atoms in total. The molecule has 0 bridgehead atoms. The van der Waals surface area contributed by atoms with Crippen molar-refractivity contribution in [2.75, 3.05) is 44.7 Å². The predicted octanol–water partition coefficient (Wildman–Crippen LogP) is 2.52. The zero-order valence-electron chi connectivity index (χ0n) is 13.7. The van der Waals surface area contributed by atoms with Gasteiger partial charge in [0.2, 0.25) is 0 Å². The van der Waals surface area contributed by atoms with Crippen LogP contribution in [0.2, 0.25) is 0 Å². The lowest BCUT2D eigenvalue weighted by molar-refractivity contribution is 0.187. The van der Waals surface area contributed by atoms with Crippen LogP contribution in [0.3, 0.4) is 0 Å². The zero-order valence-corrected chi connectivity index (χ0v) is 13.7. The van der Waals surface area contributed by atoms with E-state index in [1.807, 2.05) is 12.1 Å². The van der Waals surface area contributed by atoms with E-state index in [0.29, 0.717) is 6.54 Å². The van der Waals surface area contributed by atoms with Crippen molar-refractivity contribution in [3.8, 4) is 5.75 Å². The normalized spacial score (nSPS) is 17.0. The van der Waals surface area contributed by atoms with Gasteiger partial charge in [-0.3, -0.25) is 4.90 Å². The lowest BCUT2D eigenvalue weighted by atomic mass is 10.0. The van der Waals surface area contributed by atoms with Crippen LogP contribution in [0.25, 0.3) is 0 Å². The van der Waals surface area contributed by atoms with Crippen LogP contribution in [-0.2, 0) is 0 Å². The summed E-state index contributed by atoms with van der Waals surface area (Å²) in [6, 6.07) is 19.0. The van der Waals surface area contributed by atoms with E-state index in [1.54, 1.807) is 7.11 Å². The molecular formula is C19H25N3O. The van der Waals surface area contributed by atoms with Crippen molar-refractivity contribution in [3.05, 3.63) is 60.2 Å². The summed E-state index contributed by atoms with van der Waals surface area (Å²) < 4.78 is 5.52. The summed E-state index contributed by atoms with van der Waals surface area (Å²) in [5, 5.41) is 0. The number of hydrogen-bond acceptors (Lipinski definition) is 4. The van der Waals surface area contributed by atoms with Crippen molar-refractivity contribution in [2.24, 2.45) is 5.73 Å². The van der Waals surface area contributed by atoms with Crippen LogP contribution in [0.4, 0.5) is 5.69 Å². The van der Waals surface area contributed by atoms with Crippen molar-refractivity contribution in [1.82, 2.24) is 4.90 Å². The number of rotatable bonds is 5. The molecule has 122 valence electrons. The average molecular weight is 311 g/mol. The molecule has 3 rings (SSSR count). The second-order valence-corrected chi connectivity index (χ2v) is 5.85. The van der Waals surface area contributed by atoms with Crippen molar-refractivity contribution in [2.45, 2.75) is 6.04 Å². The van der Waals surface area contributed by atoms with E-state index < -0.39 is 0 Å². The summed E-state index contributed by atoms with van der Waals surface area (Å²) in [6.45, 7) is 4.67. The molecule has 2 aromatic rings. The molecule has 0 aromatic heterocycles. The summed E-state index contributed by atoms with van der Waals surface area (Å²) >= 11 is 0. The van der Waals surface area contributed by atoms with Crippen molar-refractivity contribution in [3.63, 3.8) is 0 Å². The van der Waals surface area contributed by atoms with Crippen LogP contribution in [0.15, 0.2) is 54.6 Å². The minimum atomic E-state index is 0.212. The molecular weight excluding hydrogens is 286 g/mol. The highest BCUT2D eigenvalue weighted by atomic mass is 16.5. The zero-order chi connectivity index (χ0) is 16.1. The number of hydrogen-bond donors (Lipinski definition) is 1. The largest absolute Gasteiger partial charge is 0.496 e. The molecule has 1 fully saturated rings. The number of para-hydroxylation sites is 2. The van der Waals surface area contributed by atoms with E-state index in [-0.39, 0.29) is 6.04 Å². The van der Waals surface area contributed by atoms with Gasteiger partial charge in [0.25, 0.3) is 0 Å². The quantitative estimate of drug-likeness (QED) is 0.921. The molecule has 4 heteroatoms. The molecule has 0 radical (unpaired) electrons. The SMILES string of the molecule is COc1ccccc1C(CN)N1CCN(c2ccccc2)CC1. The second kappa shape index (κ2) is 7.49. The van der Waals surface area contributed by atoms with Gasteiger partial charge in [0.15, 0.2) is 0 Å². The van der Waals surface area contributed by atoms with Gasteiger partial charge in [-0.15, -0.1) is 0 Å². The fourth-order valence-corrected chi connectivity index (χ4v) is 3.35. The molecule has 0 saturated carbocycles. The van der Waals surface area contributed by atoms with Crippen molar-refractivity contribution in [1.29, 1.82) is 0 Å². The van der Waals surface area contributed by atoms with Crippen molar-refractivity contribution >= 4 is 5.69 Å². The molecule has 1 aliphatic rings. The molecule has 1 atom stereocenters. The molecule has 0 aliphatic carbocycles. The van der Waals surface area contributed by atoms with Gasteiger partial charge < -0.3 is 15.4 Å². The Balaban J connectivity index is 1.70. The van der Waals surface area contributed by atoms with Crippen LogP contribution < -0.4 is 15.4 Å². The summed E-state index contributed by atoms with van der Waals surface area (Å²) in [6.07, 6.45) is 0. The fraction of sp³-hybridized carbons (Fsp3) is 0.368. The molecule has 0 spiro atoms. The number of methoxy groups -OCH3 is 1. The number of anilines is 1. The van der Waals surface area contributed by atoms with Crippen LogP contribution in [0, 0.1) is 0 Å². The maximum Gasteiger partial charge on any atom is 0.123 e. The first-order chi connectivity index (χ1) is 11.3. The van der Waals surface area contributed by atoms with Crippen LogP contribution in [-0.4, -0.2) is 44.7 Å². The maximum absolute atomic E-state index is 6.09. The molecule has 2 aromatic carbocycles. The number of ether oxygens (including phenoxy) is 1. The molecule has 1 aliphatic heterocycles. The minimum Gasteiger partial charge on any atom is -0.496 e. The maximum atomic E-state index is 6.09. The Morgan fingerprint density at radius 2 is 1.61 bits per heavy atom. The Hall–Kier alpha value is -2.04. The summed E-state index contributed by atoms with van der Waals surface area (Å²) in [5.41, 5.74) is 8.58. The van der Waals surface area contributed by atoms with Crippen LogP contribution >= 0.6 is 0 Å². The third kappa shape index (κ3) is 3.49. The Morgan fingerprint density at radius 1 is 0.957 bits per heavy atom. The van der Waals surface area contributed by atoms with Crippen LogP contribution in [0.1, 0.15) is 11.6 Å². The summed E-state index contributed by atoms with van der Waals surface area (Å²) in [4.78, 5) is 4.91. The van der Waals surface area contributed by atoms with E-state index in [4.69, 9.17) is 10.5 Å². The Bertz CT molecular complexity index is 609. The summed E-state index contributed by atoms with van der Waals surface area (Å²) in [7, 11) is 1.72. The molecule has 0 amide bonds. The monoisotopic (exact) mass is 311 g/mol. The van der Waals surface area contributed by atoms with Gasteiger partial charge in [-0.25, -0.2) is 0 Å². The predicted molar refractivity (Wildman–Crippen MR) is 95.0 cm³/mol. The van der Waals surface area contributed by atoms with E-state index in [0.717, 1.165) is 31.9 Å². The highest BCUT2D eigenvalue weighted by Gasteiger charge is 2.26. The van der Waals surface area contributed by atoms with E-state index in [2.05, 4.69) is 52.3 Å². The van der Waals surface area contributed by atoms with Crippen molar-refractivity contribution < 1.29 is 4.74 Å². The first kappa shape index (κ1) is 15.8. The fourth-order valence-electron chi connectivity index (χ4n) is 3.35. The Morgan fingerprint density at radius 3 is 2.26 bits per heavy atom. The smallest absolute Gasteiger partial charge is 0.123 e. The lowest BCUT2D eigenvalue weighted by Gasteiger charge is -2.40. The first-order valence-corrected chi connectivity index (χ1v) is 8.20. The lowest BCUT2D eigenvalue weighted by Crippen LogP contribution is -2.49. The molecule has 1 unspecified atom stereocenters. The average Bonchev–Trinajstić information content (AvgIpc) is 2.64. The Labute approximate surface area is 138 Å². The van der Waals surface area contributed by atoms with Gasteiger partial charge in [0.1, 0.15) is 5.75 Å². The number of piperazine rings is 1. The second-order valence-electron chi connectivity index (χ2n) is 5.85. The number of benzene rings is 2. The highest BCUT2D eigenvalue weighted by Crippen LogP contribution is 2.29. The highest BCUT2D eigenvalue weighted by molar-refractivity contribution is 5.46. The van der Waals surface area contributed by atoms with Gasteiger partial charge in [-0.2, -0.15) is 0 Å². The summed E-state index contributed by atoms with van der Waals surface area (Å²) in [5.74, 6) is 0.924. The third-order valence-corrected chi connectivity index (χ3v) is 4.60. The van der Waals surface area contributed by atoms with Gasteiger partial charge in [-0.05, 0) is 18.2 Å². The minimum absolute atomic E-state index is 0.212. The van der Waals surface area contributed by atoms with Gasteiger partial charge >= 0.3 is 0 Å². The number of nitrogens with zero attached hydrogens (tertiary/aromatic N) is 2. The molecule has 23 heavy (non-hydrogen) atoms. The van der Waals surface area contributed by atoms with Gasteiger partial charge in [0.05, 0.1) is 13.2 Å². The molecule has 1 saturated heterocycles. The van der Waals surface area contributed by atoms with E-state index >= 15 is 0 Å². The third-order valence-electron chi connectivity index (χ3n) is 4.60. The Kier molecular flexibility index (Phi) is 5.16. The van der Waals surface area contributed by atoms with Crippen LogP contribution in [0.5, 0.6) is 5.75 Å². The molecule has 1 heterocycles. The molecule has 2 N–H and O–H groups in total. The number of nitrogens with two attached hydrogens (primary N) is 1. The standard InChI is InChI=1S/C19H25N3O/c1-23-19-10-6-5-9-17(19)18(15-20)22-13-11-21(12-14-22)16-7-3-2-4-8-16/h2-10,18H,11-15,20H2,1H3. The van der Waals surface area contributed by atoms with E-state index in [1.165, 1.54) is 11.3 Å². The van der Waals surface area contributed by atoms with Gasteiger partial charge in [-0.1, -0.05) is 36.4 Å². The van der Waals surface area contributed by atoms with E-state index in [9.17, 15) is 0 Å². The van der Waals surface area contributed by atoms with Gasteiger partial charge in [0, 0.05) is 44.0 Å². The first-order valence-electron chi connectivity index (χ1n) is 8.20.